The first-order valence-corrected chi connectivity index (χ1v) is 7.55. The lowest BCUT2D eigenvalue weighted by atomic mass is 9.73. The third-order valence-corrected chi connectivity index (χ3v) is 4.88. The highest BCUT2D eigenvalue weighted by molar-refractivity contribution is 5.79. The summed E-state index contributed by atoms with van der Waals surface area (Å²) in [5.74, 6) is -0.657. The van der Waals surface area contributed by atoms with E-state index in [9.17, 15) is 14.7 Å². The van der Waals surface area contributed by atoms with Crippen LogP contribution in [0.1, 0.15) is 64.7 Å². The van der Waals surface area contributed by atoms with E-state index in [0.29, 0.717) is 18.8 Å². The Labute approximate surface area is 115 Å². The van der Waals surface area contributed by atoms with Crippen LogP contribution in [0.25, 0.3) is 0 Å². The van der Waals surface area contributed by atoms with E-state index in [1.54, 1.807) is 0 Å². The molecule has 0 aliphatic heterocycles. The number of carbonyl (C=O) groups excluding carboxylic acids is 1. The van der Waals surface area contributed by atoms with E-state index >= 15 is 0 Å². The molecule has 0 bridgehead atoms. The third kappa shape index (κ3) is 3.48. The predicted octanol–water partition coefficient (Wildman–Crippen LogP) is 2.72. The molecule has 0 aromatic carbocycles. The van der Waals surface area contributed by atoms with Crippen molar-refractivity contribution < 1.29 is 14.7 Å². The predicted molar refractivity (Wildman–Crippen MR) is 72.7 cm³/mol. The quantitative estimate of drug-likeness (QED) is 0.823. The summed E-state index contributed by atoms with van der Waals surface area (Å²) in [6.45, 7) is 1.90. The second kappa shape index (κ2) is 5.93. The van der Waals surface area contributed by atoms with E-state index in [4.69, 9.17) is 0 Å². The molecule has 19 heavy (non-hydrogen) atoms. The number of carboxylic acids is 1. The minimum atomic E-state index is -0.775. The van der Waals surface area contributed by atoms with Crippen LogP contribution in [-0.2, 0) is 9.59 Å². The number of aliphatic carboxylic acids is 1. The molecule has 2 fully saturated rings. The molecule has 0 aromatic rings. The zero-order chi connectivity index (χ0) is 13.9. The first kappa shape index (κ1) is 14.4. The van der Waals surface area contributed by atoms with Gasteiger partial charge in [-0.2, -0.15) is 0 Å². The Bertz CT molecular complexity index is 349. The highest BCUT2D eigenvalue weighted by atomic mass is 16.4. The average molecular weight is 267 g/mol. The normalized spacial score (nSPS) is 32.2. The number of amides is 1. The second-order valence-electron chi connectivity index (χ2n) is 6.46. The fourth-order valence-electron chi connectivity index (χ4n) is 3.73. The van der Waals surface area contributed by atoms with Gasteiger partial charge < -0.3 is 10.4 Å². The van der Waals surface area contributed by atoms with Gasteiger partial charge in [0.25, 0.3) is 0 Å². The summed E-state index contributed by atoms with van der Waals surface area (Å²) in [5.41, 5.74) is -0.556. The first-order valence-electron chi connectivity index (χ1n) is 7.55. The largest absolute Gasteiger partial charge is 0.481 e. The second-order valence-corrected chi connectivity index (χ2v) is 6.46. The maximum absolute atomic E-state index is 12.1. The molecule has 4 heteroatoms. The number of carboxylic acid groups (broad SMARTS) is 1. The van der Waals surface area contributed by atoms with E-state index in [1.807, 2.05) is 6.92 Å². The lowest BCUT2D eigenvalue weighted by molar-refractivity contribution is -0.146. The summed E-state index contributed by atoms with van der Waals surface area (Å²) in [5, 5.41) is 12.4. The van der Waals surface area contributed by atoms with Crippen LogP contribution in [0.15, 0.2) is 0 Å². The number of hydrogen-bond acceptors (Lipinski definition) is 2. The van der Waals surface area contributed by atoms with Crippen molar-refractivity contribution in [2.24, 2.45) is 11.8 Å². The summed E-state index contributed by atoms with van der Waals surface area (Å²) >= 11 is 0. The molecular formula is C15H25NO3. The van der Waals surface area contributed by atoms with Crippen LogP contribution < -0.4 is 5.32 Å². The molecule has 108 valence electrons. The monoisotopic (exact) mass is 267 g/mol. The van der Waals surface area contributed by atoms with Crippen molar-refractivity contribution in [3.8, 4) is 0 Å². The number of carbonyl (C=O) groups is 2. The van der Waals surface area contributed by atoms with Gasteiger partial charge in [-0.3, -0.25) is 9.59 Å². The number of hydrogen-bond donors (Lipinski definition) is 2. The van der Waals surface area contributed by atoms with Gasteiger partial charge in [0.05, 0.1) is 11.5 Å². The fourth-order valence-corrected chi connectivity index (χ4v) is 3.73. The van der Waals surface area contributed by atoms with Gasteiger partial charge in [0.2, 0.25) is 5.91 Å². The topological polar surface area (TPSA) is 66.4 Å². The lowest BCUT2D eigenvalue weighted by Gasteiger charge is -2.40. The van der Waals surface area contributed by atoms with Crippen LogP contribution in [0, 0.1) is 11.8 Å². The van der Waals surface area contributed by atoms with Crippen molar-refractivity contribution in [2.75, 3.05) is 0 Å². The van der Waals surface area contributed by atoms with Crippen LogP contribution in [-0.4, -0.2) is 22.5 Å². The summed E-state index contributed by atoms with van der Waals surface area (Å²) in [6, 6.07) is 0. The minimum absolute atomic E-state index is 0.0440. The van der Waals surface area contributed by atoms with Crippen LogP contribution >= 0.6 is 0 Å². The van der Waals surface area contributed by atoms with Crippen LogP contribution in [0.2, 0.25) is 0 Å². The standard InChI is InChI=1S/C15H25NO3/c1-15(9-5-4-8-12(15)14(18)19)16-13(17)10-11-6-2-3-7-11/h11-12H,2-10H2,1H3,(H,16,17)(H,18,19). The Morgan fingerprint density at radius 2 is 1.79 bits per heavy atom. The molecule has 0 radical (unpaired) electrons. The summed E-state index contributed by atoms with van der Waals surface area (Å²) < 4.78 is 0. The maximum Gasteiger partial charge on any atom is 0.308 e. The van der Waals surface area contributed by atoms with Gasteiger partial charge in [-0.25, -0.2) is 0 Å². The van der Waals surface area contributed by atoms with Crippen molar-refractivity contribution in [1.29, 1.82) is 0 Å². The SMILES string of the molecule is CC1(NC(=O)CC2CCCC2)CCCCC1C(=O)O. The lowest BCUT2D eigenvalue weighted by Crippen LogP contribution is -2.55. The van der Waals surface area contributed by atoms with Crippen LogP contribution in [0.5, 0.6) is 0 Å². The van der Waals surface area contributed by atoms with E-state index in [-0.39, 0.29) is 5.91 Å². The van der Waals surface area contributed by atoms with Gasteiger partial charge in [0, 0.05) is 6.42 Å². The molecular weight excluding hydrogens is 242 g/mol. The van der Waals surface area contributed by atoms with Gasteiger partial charge in [-0.15, -0.1) is 0 Å². The van der Waals surface area contributed by atoms with Gasteiger partial charge in [0.15, 0.2) is 0 Å². The van der Waals surface area contributed by atoms with Crippen molar-refractivity contribution >= 4 is 11.9 Å². The molecule has 0 aromatic heterocycles. The Balaban J connectivity index is 1.93. The van der Waals surface area contributed by atoms with Crippen molar-refractivity contribution in [3.63, 3.8) is 0 Å². The smallest absolute Gasteiger partial charge is 0.308 e. The van der Waals surface area contributed by atoms with E-state index in [0.717, 1.165) is 32.1 Å². The average Bonchev–Trinajstić information content (AvgIpc) is 2.80. The van der Waals surface area contributed by atoms with Crippen LogP contribution in [0.3, 0.4) is 0 Å². The molecule has 4 nitrogen and oxygen atoms in total. The molecule has 2 aliphatic rings. The van der Waals surface area contributed by atoms with Gasteiger partial charge in [0.1, 0.15) is 0 Å². The Morgan fingerprint density at radius 1 is 1.16 bits per heavy atom. The van der Waals surface area contributed by atoms with E-state index in [2.05, 4.69) is 5.32 Å². The van der Waals surface area contributed by atoms with Crippen molar-refractivity contribution in [1.82, 2.24) is 5.32 Å². The minimum Gasteiger partial charge on any atom is -0.481 e. The maximum atomic E-state index is 12.1. The summed E-state index contributed by atoms with van der Waals surface area (Å²) in [7, 11) is 0. The molecule has 0 saturated heterocycles. The van der Waals surface area contributed by atoms with Gasteiger partial charge in [-0.05, 0) is 38.5 Å². The first-order chi connectivity index (χ1) is 9.01. The zero-order valence-electron chi connectivity index (χ0n) is 11.8. The van der Waals surface area contributed by atoms with Gasteiger partial charge >= 0.3 is 5.97 Å². The van der Waals surface area contributed by atoms with Gasteiger partial charge in [-0.1, -0.05) is 25.7 Å². The van der Waals surface area contributed by atoms with E-state index < -0.39 is 17.4 Å². The fraction of sp³-hybridized carbons (Fsp3) is 0.867. The highest BCUT2D eigenvalue weighted by Gasteiger charge is 2.42. The molecule has 0 heterocycles. The Hall–Kier alpha value is -1.06. The Morgan fingerprint density at radius 3 is 2.42 bits per heavy atom. The molecule has 2 aliphatic carbocycles. The number of nitrogens with one attached hydrogen (secondary N) is 1. The van der Waals surface area contributed by atoms with Crippen molar-refractivity contribution in [3.05, 3.63) is 0 Å². The molecule has 2 rings (SSSR count). The molecule has 2 saturated carbocycles. The molecule has 1 amide bonds. The number of rotatable bonds is 4. The molecule has 0 spiro atoms. The summed E-state index contributed by atoms with van der Waals surface area (Å²) in [6.07, 6.45) is 8.73. The molecule has 2 N–H and O–H groups in total. The van der Waals surface area contributed by atoms with Crippen LogP contribution in [0.4, 0.5) is 0 Å². The highest BCUT2D eigenvalue weighted by Crippen LogP contribution is 2.34. The Kier molecular flexibility index (Phi) is 4.48. The summed E-state index contributed by atoms with van der Waals surface area (Å²) in [4.78, 5) is 23.5. The zero-order valence-corrected chi connectivity index (χ0v) is 11.8. The third-order valence-electron chi connectivity index (χ3n) is 4.88. The van der Waals surface area contributed by atoms with Crippen molar-refractivity contribution in [2.45, 2.75) is 70.3 Å². The molecule has 2 unspecified atom stereocenters. The van der Waals surface area contributed by atoms with E-state index in [1.165, 1.54) is 12.8 Å². The molecule has 2 atom stereocenters.